The van der Waals surface area contributed by atoms with Crippen LogP contribution in [0.2, 0.25) is 0 Å². The standard InChI is InChI=1S/C13H16O4S/c1-3-4-5-12(14)10-17-18(15,16)13-8-6-11(2)7-9-13/h3-9,12,14H,1,10H2,2H3/b5-4-/t12-/m0/s1. The van der Waals surface area contributed by atoms with Crippen molar-refractivity contribution in [3.05, 3.63) is 54.6 Å². The van der Waals surface area contributed by atoms with E-state index in [1.54, 1.807) is 12.1 Å². The molecule has 0 aliphatic heterocycles. The fourth-order valence-corrected chi connectivity index (χ4v) is 2.12. The number of hydrogen-bond donors (Lipinski definition) is 1. The lowest BCUT2D eigenvalue weighted by molar-refractivity contribution is 0.148. The maximum absolute atomic E-state index is 11.7. The lowest BCUT2D eigenvalue weighted by atomic mass is 10.2. The van der Waals surface area contributed by atoms with E-state index in [1.165, 1.54) is 30.4 Å². The molecule has 0 fully saturated rings. The van der Waals surface area contributed by atoms with Gasteiger partial charge in [-0.15, -0.1) is 0 Å². The van der Waals surface area contributed by atoms with E-state index in [9.17, 15) is 13.5 Å². The van der Waals surface area contributed by atoms with Crippen molar-refractivity contribution in [2.75, 3.05) is 6.61 Å². The van der Waals surface area contributed by atoms with Crippen molar-refractivity contribution < 1.29 is 17.7 Å². The maximum atomic E-state index is 11.7. The Morgan fingerprint density at radius 3 is 2.56 bits per heavy atom. The second-order valence-corrected chi connectivity index (χ2v) is 5.35. The zero-order valence-corrected chi connectivity index (χ0v) is 10.9. The molecule has 0 unspecified atom stereocenters. The lowest BCUT2D eigenvalue weighted by Crippen LogP contribution is -2.16. The summed E-state index contributed by atoms with van der Waals surface area (Å²) in [5.41, 5.74) is 0.961. The number of hydrogen-bond acceptors (Lipinski definition) is 4. The summed E-state index contributed by atoms with van der Waals surface area (Å²) in [5, 5.41) is 9.41. The van der Waals surface area contributed by atoms with Gasteiger partial charge in [0.1, 0.15) is 0 Å². The van der Waals surface area contributed by atoms with Gasteiger partial charge in [-0.25, -0.2) is 0 Å². The van der Waals surface area contributed by atoms with Crippen LogP contribution in [0.25, 0.3) is 0 Å². The van der Waals surface area contributed by atoms with E-state index in [1.807, 2.05) is 6.92 Å². The smallest absolute Gasteiger partial charge is 0.297 e. The average Bonchev–Trinajstić information content (AvgIpc) is 2.34. The van der Waals surface area contributed by atoms with E-state index in [0.29, 0.717) is 0 Å². The quantitative estimate of drug-likeness (QED) is 0.631. The Balaban J connectivity index is 2.68. The van der Waals surface area contributed by atoms with E-state index in [-0.39, 0.29) is 11.5 Å². The Bertz CT molecular complexity index is 514. The molecule has 1 atom stereocenters. The van der Waals surface area contributed by atoms with Crippen LogP contribution in [-0.4, -0.2) is 26.2 Å². The minimum absolute atomic E-state index is 0.0769. The van der Waals surface area contributed by atoms with Gasteiger partial charge in [-0.1, -0.05) is 42.5 Å². The van der Waals surface area contributed by atoms with Gasteiger partial charge in [0.15, 0.2) is 0 Å². The number of aryl methyl sites for hydroxylation is 1. The molecular weight excluding hydrogens is 252 g/mol. The summed E-state index contributed by atoms with van der Waals surface area (Å²) in [6, 6.07) is 6.31. The van der Waals surface area contributed by atoms with E-state index >= 15 is 0 Å². The van der Waals surface area contributed by atoms with Crippen LogP contribution in [0.4, 0.5) is 0 Å². The highest BCUT2D eigenvalue weighted by molar-refractivity contribution is 7.86. The summed E-state index contributed by atoms with van der Waals surface area (Å²) in [4.78, 5) is 0.0769. The monoisotopic (exact) mass is 268 g/mol. The molecule has 0 radical (unpaired) electrons. The van der Waals surface area contributed by atoms with Crippen LogP contribution in [-0.2, 0) is 14.3 Å². The Labute approximate surface area is 107 Å². The van der Waals surface area contributed by atoms with Gasteiger partial charge in [0, 0.05) is 0 Å². The van der Waals surface area contributed by atoms with Crippen LogP contribution in [0.5, 0.6) is 0 Å². The molecule has 1 N–H and O–H groups in total. The second kappa shape index (κ2) is 6.49. The molecule has 1 aromatic rings. The van der Waals surface area contributed by atoms with Crippen LogP contribution >= 0.6 is 0 Å². The van der Waals surface area contributed by atoms with Gasteiger partial charge in [-0.3, -0.25) is 4.18 Å². The van der Waals surface area contributed by atoms with Crippen molar-refractivity contribution in [2.45, 2.75) is 17.9 Å². The zero-order valence-electron chi connectivity index (χ0n) is 10.1. The number of benzene rings is 1. The first-order valence-electron chi connectivity index (χ1n) is 5.39. The Hall–Kier alpha value is -1.43. The first-order chi connectivity index (χ1) is 8.45. The normalized spacial score (nSPS) is 13.7. The van der Waals surface area contributed by atoms with Gasteiger partial charge in [0.05, 0.1) is 17.6 Å². The van der Waals surface area contributed by atoms with Crippen LogP contribution < -0.4 is 0 Å². The minimum Gasteiger partial charge on any atom is -0.387 e. The molecule has 0 aliphatic carbocycles. The molecule has 0 spiro atoms. The van der Waals surface area contributed by atoms with E-state index in [0.717, 1.165) is 5.56 Å². The third-order valence-electron chi connectivity index (χ3n) is 2.17. The van der Waals surface area contributed by atoms with Crippen LogP contribution in [0, 0.1) is 6.92 Å². The lowest BCUT2D eigenvalue weighted by Gasteiger charge is -2.08. The number of rotatable bonds is 6. The summed E-state index contributed by atoms with van der Waals surface area (Å²) >= 11 is 0. The molecule has 1 rings (SSSR count). The average molecular weight is 268 g/mol. The summed E-state index contributed by atoms with van der Waals surface area (Å²) in [5.74, 6) is 0. The first-order valence-corrected chi connectivity index (χ1v) is 6.80. The first kappa shape index (κ1) is 14.6. The highest BCUT2D eigenvalue weighted by Crippen LogP contribution is 2.13. The molecule has 5 heteroatoms. The van der Waals surface area contributed by atoms with Crippen molar-refractivity contribution in [1.82, 2.24) is 0 Å². The highest BCUT2D eigenvalue weighted by Gasteiger charge is 2.16. The SMILES string of the molecule is C=C/C=C\[C@H](O)COS(=O)(=O)c1ccc(C)cc1. The van der Waals surface area contributed by atoms with E-state index < -0.39 is 16.2 Å². The second-order valence-electron chi connectivity index (χ2n) is 3.74. The largest absolute Gasteiger partial charge is 0.387 e. The number of allylic oxidation sites excluding steroid dienone is 2. The summed E-state index contributed by atoms with van der Waals surface area (Å²) < 4.78 is 28.2. The third kappa shape index (κ3) is 4.44. The van der Waals surface area contributed by atoms with Gasteiger partial charge in [-0.2, -0.15) is 8.42 Å². The molecule has 0 amide bonds. The topological polar surface area (TPSA) is 63.6 Å². The Morgan fingerprint density at radius 1 is 1.39 bits per heavy atom. The molecule has 0 heterocycles. The number of aliphatic hydroxyl groups excluding tert-OH is 1. The summed E-state index contributed by atoms with van der Waals surface area (Å²) in [6.07, 6.45) is 3.42. The third-order valence-corrected chi connectivity index (χ3v) is 3.47. The van der Waals surface area contributed by atoms with Gasteiger partial charge in [0.2, 0.25) is 0 Å². The Kier molecular flexibility index (Phi) is 5.27. The van der Waals surface area contributed by atoms with Crippen molar-refractivity contribution in [3.8, 4) is 0 Å². The Morgan fingerprint density at radius 2 is 2.00 bits per heavy atom. The summed E-state index contributed by atoms with van der Waals surface area (Å²) in [7, 11) is -3.82. The molecular formula is C13H16O4S. The van der Waals surface area contributed by atoms with Gasteiger partial charge < -0.3 is 5.11 Å². The predicted octanol–water partition coefficient (Wildman–Crippen LogP) is 1.80. The molecule has 0 aliphatic rings. The highest BCUT2D eigenvalue weighted by atomic mass is 32.2. The fraction of sp³-hybridized carbons (Fsp3) is 0.231. The molecule has 1 aromatic carbocycles. The molecule has 0 saturated heterocycles. The molecule has 0 aromatic heterocycles. The molecule has 98 valence electrons. The van der Waals surface area contributed by atoms with E-state index in [2.05, 4.69) is 6.58 Å². The van der Waals surface area contributed by atoms with Crippen LogP contribution in [0.3, 0.4) is 0 Å². The van der Waals surface area contributed by atoms with Crippen molar-refractivity contribution >= 4 is 10.1 Å². The maximum Gasteiger partial charge on any atom is 0.297 e. The molecule has 18 heavy (non-hydrogen) atoms. The summed E-state index contributed by atoms with van der Waals surface area (Å²) in [6.45, 7) is 4.98. The number of aliphatic hydroxyl groups is 1. The van der Waals surface area contributed by atoms with E-state index in [4.69, 9.17) is 4.18 Å². The molecule has 4 nitrogen and oxygen atoms in total. The van der Waals surface area contributed by atoms with Crippen LogP contribution in [0.15, 0.2) is 54.0 Å². The molecule has 0 bridgehead atoms. The van der Waals surface area contributed by atoms with Crippen LogP contribution in [0.1, 0.15) is 5.56 Å². The minimum atomic E-state index is -3.82. The molecule has 0 saturated carbocycles. The fourth-order valence-electron chi connectivity index (χ4n) is 1.19. The van der Waals surface area contributed by atoms with Crippen molar-refractivity contribution in [2.24, 2.45) is 0 Å². The predicted molar refractivity (Wildman–Crippen MR) is 69.7 cm³/mol. The van der Waals surface area contributed by atoms with Gasteiger partial charge in [0.25, 0.3) is 10.1 Å². The van der Waals surface area contributed by atoms with Gasteiger partial charge in [-0.05, 0) is 19.1 Å². The van der Waals surface area contributed by atoms with Crippen molar-refractivity contribution in [3.63, 3.8) is 0 Å². The van der Waals surface area contributed by atoms with Crippen molar-refractivity contribution in [1.29, 1.82) is 0 Å². The zero-order chi connectivity index (χ0) is 13.6. The van der Waals surface area contributed by atoms with Gasteiger partial charge >= 0.3 is 0 Å².